The molecular formula is C24H34N4O3S2Si. The number of carbonyl (C=O) groups excluding carboxylic acids is 2. The van der Waals surface area contributed by atoms with Crippen molar-refractivity contribution in [3.63, 3.8) is 0 Å². The molecule has 0 radical (unpaired) electrons. The van der Waals surface area contributed by atoms with Crippen LogP contribution in [0.3, 0.4) is 0 Å². The van der Waals surface area contributed by atoms with Crippen molar-refractivity contribution < 1.29 is 14.0 Å². The fourth-order valence-corrected chi connectivity index (χ4v) is 5.98. The number of hydrogen-bond acceptors (Lipinski definition) is 6. The number of thioether (sulfide) groups is 1. The van der Waals surface area contributed by atoms with Crippen LogP contribution in [0, 0.1) is 13.8 Å². The lowest BCUT2D eigenvalue weighted by Gasteiger charge is -2.37. The summed E-state index contributed by atoms with van der Waals surface area (Å²) in [7, 11) is -2.10. The minimum absolute atomic E-state index is 0.0155. The second-order valence-corrected chi connectivity index (χ2v) is 17.1. The maximum absolute atomic E-state index is 13.3. The number of thiazole rings is 1. The molecule has 2 heterocycles. The van der Waals surface area contributed by atoms with Crippen LogP contribution in [0.15, 0.2) is 35.4 Å². The molecule has 0 aliphatic rings. The van der Waals surface area contributed by atoms with Crippen molar-refractivity contribution in [2.24, 2.45) is 5.73 Å². The Hall–Kier alpha value is -2.14. The van der Waals surface area contributed by atoms with Crippen LogP contribution in [0.2, 0.25) is 18.1 Å². The third kappa shape index (κ3) is 6.10. The molecule has 1 atom stereocenters. The van der Waals surface area contributed by atoms with Crippen LogP contribution in [0.1, 0.15) is 36.3 Å². The molecule has 0 aliphatic carbocycles. The van der Waals surface area contributed by atoms with Gasteiger partial charge in [-0.2, -0.15) is 0 Å². The highest BCUT2D eigenvalue weighted by molar-refractivity contribution is 7.98. The Kier molecular flexibility index (Phi) is 7.96. The van der Waals surface area contributed by atoms with Gasteiger partial charge in [0.15, 0.2) is 8.32 Å². The van der Waals surface area contributed by atoms with Crippen molar-refractivity contribution in [1.29, 1.82) is 0 Å². The lowest BCUT2D eigenvalue weighted by molar-refractivity contribution is -0.120. The molecule has 184 valence electrons. The minimum Gasteiger partial charge on any atom is -0.414 e. The summed E-state index contributed by atoms with van der Waals surface area (Å²) in [5.74, 6) is 0.203. The van der Waals surface area contributed by atoms with E-state index in [4.69, 9.17) is 10.2 Å². The van der Waals surface area contributed by atoms with Crippen LogP contribution >= 0.6 is 23.1 Å². The average molecular weight is 519 g/mol. The molecule has 3 rings (SSSR count). The summed E-state index contributed by atoms with van der Waals surface area (Å²) < 4.78 is 7.75. The first kappa shape index (κ1) is 26.5. The zero-order chi connectivity index (χ0) is 25.3. The lowest BCUT2D eigenvalue weighted by atomic mass is 10.2. The first-order valence-corrected chi connectivity index (χ1v) is 15.9. The molecular weight excluding hydrogens is 485 g/mol. The second kappa shape index (κ2) is 10.2. The molecule has 7 nitrogen and oxygen atoms in total. The number of nitrogens with zero attached hydrogens (tertiary/aromatic N) is 2. The maximum Gasteiger partial charge on any atom is 0.326 e. The van der Waals surface area contributed by atoms with Crippen molar-refractivity contribution >= 4 is 54.3 Å². The van der Waals surface area contributed by atoms with Gasteiger partial charge in [0.25, 0.3) is 0 Å². The Balaban J connectivity index is 1.78. The van der Waals surface area contributed by atoms with E-state index in [2.05, 4.69) is 50.2 Å². The molecule has 0 bridgehead atoms. The minimum atomic E-state index is -2.10. The van der Waals surface area contributed by atoms with Gasteiger partial charge in [0.2, 0.25) is 5.91 Å². The second-order valence-electron chi connectivity index (χ2n) is 9.95. The summed E-state index contributed by atoms with van der Waals surface area (Å²) in [6.07, 6.45) is 1.90. The van der Waals surface area contributed by atoms with Gasteiger partial charge in [-0.3, -0.25) is 9.36 Å². The van der Waals surface area contributed by atoms with E-state index in [0.717, 1.165) is 32.3 Å². The topological polar surface area (TPSA) is 99.2 Å². The standard InChI is InChI=1S/C24H34N4O3S2Si/c1-15-10-17-8-9-18(32-14-19-12-26-16(2)33-19)11-21(17)28(15)23(30)27-20(22(25)29)13-31-34(6,7)24(3,4)5/h8-12,20H,13-14H2,1-7H3,(H2,25,29)(H,27,30)/t20-/m0/s1. The Labute approximate surface area is 210 Å². The number of carbonyl (C=O) groups is 2. The lowest BCUT2D eigenvalue weighted by Crippen LogP contribution is -2.52. The molecule has 2 aromatic heterocycles. The SMILES string of the molecule is Cc1ncc(CSc2ccc3cc(C)n(C(=O)N[C@@H](CO[Si](C)(C)C(C)(C)C)C(N)=O)c3c2)s1. The molecule has 0 unspecified atom stereocenters. The third-order valence-electron chi connectivity index (χ3n) is 6.27. The number of amides is 2. The van der Waals surface area contributed by atoms with Crippen LogP contribution in [0.5, 0.6) is 0 Å². The molecule has 0 saturated heterocycles. The first-order valence-electron chi connectivity index (χ1n) is 11.2. The number of primary amides is 1. The molecule has 34 heavy (non-hydrogen) atoms. The van der Waals surface area contributed by atoms with Crippen LogP contribution in [0.25, 0.3) is 10.9 Å². The number of nitrogens with one attached hydrogen (secondary N) is 1. The molecule has 3 N–H and O–H groups in total. The van der Waals surface area contributed by atoms with Gasteiger partial charge in [-0.25, -0.2) is 9.78 Å². The molecule has 3 aromatic rings. The summed E-state index contributed by atoms with van der Waals surface area (Å²) in [6, 6.07) is 6.73. The summed E-state index contributed by atoms with van der Waals surface area (Å²) in [6.45, 7) is 14.5. The quantitative estimate of drug-likeness (QED) is 0.306. The van der Waals surface area contributed by atoms with E-state index in [9.17, 15) is 9.59 Å². The number of aromatic nitrogens is 2. The summed E-state index contributed by atoms with van der Waals surface area (Å²) >= 11 is 3.38. The normalized spacial score (nSPS) is 13.3. The van der Waals surface area contributed by atoms with Gasteiger partial charge >= 0.3 is 6.03 Å². The van der Waals surface area contributed by atoms with Crippen LogP contribution in [0.4, 0.5) is 4.79 Å². The number of benzene rings is 1. The van der Waals surface area contributed by atoms with Crippen molar-refractivity contribution in [3.05, 3.63) is 46.0 Å². The largest absolute Gasteiger partial charge is 0.414 e. The molecule has 0 spiro atoms. The molecule has 10 heteroatoms. The van der Waals surface area contributed by atoms with Crippen LogP contribution in [-0.4, -0.2) is 42.5 Å². The van der Waals surface area contributed by atoms with Gasteiger partial charge in [0.1, 0.15) is 6.04 Å². The number of rotatable bonds is 8. The van der Waals surface area contributed by atoms with Crippen LogP contribution in [-0.2, 0) is 15.0 Å². The van der Waals surface area contributed by atoms with Gasteiger partial charge in [0.05, 0.1) is 17.1 Å². The monoisotopic (exact) mass is 518 g/mol. The number of nitrogens with two attached hydrogens (primary N) is 1. The number of hydrogen-bond donors (Lipinski definition) is 2. The predicted octanol–water partition coefficient (Wildman–Crippen LogP) is 5.44. The van der Waals surface area contributed by atoms with Gasteiger partial charge in [-0.05, 0) is 50.2 Å². The number of aryl methyl sites for hydroxylation is 2. The fourth-order valence-electron chi connectivity index (χ4n) is 3.22. The smallest absolute Gasteiger partial charge is 0.326 e. The highest BCUT2D eigenvalue weighted by Crippen LogP contribution is 2.36. The van der Waals surface area contributed by atoms with Crippen molar-refractivity contribution in [1.82, 2.24) is 14.9 Å². The Morgan fingerprint density at radius 2 is 1.97 bits per heavy atom. The van der Waals surface area contributed by atoms with Crippen LogP contribution < -0.4 is 11.1 Å². The first-order chi connectivity index (χ1) is 15.8. The van der Waals surface area contributed by atoms with Gasteiger partial charge in [-0.1, -0.05) is 26.8 Å². The summed E-state index contributed by atoms with van der Waals surface area (Å²) in [5, 5.41) is 4.78. The maximum atomic E-state index is 13.3. The van der Waals surface area contributed by atoms with Gasteiger partial charge in [-0.15, -0.1) is 23.1 Å². The molecule has 2 amide bonds. The van der Waals surface area contributed by atoms with E-state index in [1.807, 2.05) is 38.2 Å². The van der Waals surface area contributed by atoms with E-state index >= 15 is 0 Å². The van der Waals surface area contributed by atoms with E-state index in [0.29, 0.717) is 0 Å². The molecule has 0 aliphatic heterocycles. The Morgan fingerprint density at radius 3 is 2.56 bits per heavy atom. The highest BCUT2D eigenvalue weighted by Gasteiger charge is 2.38. The van der Waals surface area contributed by atoms with E-state index in [-0.39, 0.29) is 11.6 Å². The zero-order valence-corrected chi connectivity index (χ0v) is 23.5. The van der Waals surface area contributed by atoms with E-state index in [1.54, 1.807) is 27.7 Å². The number of fused-ring (bicyclic) bond motifs is 1. The predicted molar refractivity (Wildman–Crippen MR) is 143 cm³/mol. The van der Waals surface area contributed by atoms with E-state index < -0.39 is 26.3 Å². The summed E-state index contributed by atoms with van der Waals surface area (Å²) in [4.78, 5) is 31.9. The summed E-state index contributed by atoms with van der Waals surface area (Å²) in [5.41, 5.74) is 7.18. The van der Waals surface area contributed by atoms with Gasteiger partial charge < -0.3 is 15.5 Å². The molecule has 1 aromatic carbocycles. The highest BCUT2D eigenvalue weighted by atomic mass is 32.2. The zero-order valence-electron chi connectivity index (χ0n) is 20.9. The van der Waals surface area contributed by atoms with Gasteiger partial charge in [0, 0.05) is 32.8 Å². The Morgan fingerprint density at radius 1 is 1.26 bits per heavy atom. The average Bonchev–Trinajstić information content (AvgIpc) is 3.29. The molecule has 0 saturated carbocycles. The Bertz CT molecular complexity index is 1200. The van der Waals surface area contributed by atoms with Crippen molar-refractivity contribution in [2.45, 2.75) is 69.4 Å². The van der Waals surface area contributed by atoms with Crippen molar-refractivity contribution in [3.8, 4) is 0 Å². The van der Waals surface area contributed by atoms with Crippen molar-refractivity contribution in [2.75, 3.05) is 6.61 Å². The fraction of sp³-hybridized carbons (Fsp3) is 0.458. The third-order valence-corrected chi connectivity index (χ3v) is 12.9. The molecule has 0 fully saturated rings. The van der Waals surface area contributed by atoms with E-state index in [1.165, 1.54) is 4.88 Å².